The molecule has 0 radical (unpaired) electrons. The number of allylic oxidation sites excluding steroid dienone is 1. The molecule has 0 N–H and O–H groups in total. The van der Waals surface area contributed by atoms with E-state index < -0.39 is 0 Å². The maximum Gasteiger partial charge on any atom is 0.248 e. The van der Waals surface area contributed by atoms with Crippen molar-refractivity contribution < 1.29 is 4.79 Å². The monoisotopic (exact) mass is 193 g/mol. The Labute approximate surface area is 86.1 Å². The van der Waals surface area contributed by atoms with Crippen molar-refractivity contribution in [2.24, 2.45) is 16.8 Å². The predicted octanol–water partition coefficient (Wildman–Crippen LogP) is 2.99. The quantitative estimate of drug-likeness (QED) is 0.498. The molecule has 0 aromatic heterocycles. The van der Waals surface area contributed by atoms with Gasteiger partial charge in [0.1, 0.15) is 0 Å². The molecule has 2 nitrogen and oxygen atoms in total. The molecule has 1 saturated carbocycles. The Morgan fingerprint density at radius 3 is 2.79 bits per heavy atom. The van der Waals surface area contributed by atoms with Crippen LogP contribution < -0.4 is 0 Å². The van der Waals surface area contributed by atoms with Gasteiger partial charge in [-0.05, 0) is 25.2 Å². The molecule has 1 rings (SSSR count). The second kappa shape index (κ2) is 5.74. The van der Waals surface area contributed by atoms with Crippen molar-refractivity contribution in [2.75, 3.05) is 0 Å². The Balaban J connectivity index is 2.34. The second-order valence-corrected chi connectivity index (χ2v) is 4.09. The summed E-state index contributed by atoms with van der Waals surface area (Å²) in [4.78, 5) is 15.5. The minimum absolute atomic E-state index is 0.00296. The fourth-order valence-electron chi connectivity index (χ4n) is 1.76. The summed E-state index contributed by atoms with van der Waals surface area (Å²) < 4.78 is 0. The minimum atomic E-state index is -0.00912. The number of rotatable bonds is 4. The van der Waals surface area contributed by atoms with Gasteiger partial charge in [0.15, 0.2) is 0 Å². The summed E-state index contributed by atoms with van der Waals surface area (Å²) in [6.07, 6.45) is 9.32. The van der Waals surface area contributed by atoms with Crippen LogP contribution in [0.3, 0.4) is 0 Å². The van der Waals surface area contributed by atoms with E-state index in [-0.39, 0.29) is 11.8 Å². The lowest BCUT2D eigenvalue weighted by Crippen LogP contribution is -2.08. The molecule has 78 valence electrons. The summed E-state index contributed by atoms with van der Waals surface area (Å²) in [6, 6.07) is 0. The van der Waals surface area contributed by atoms with E-state index in [4.69, 9.17) is 0 Å². The van der Waals surface area contributed by atoms with Crippen molar-refractivity contribution >= 4 is 12.1 Å². The van der Waals surface area contributed by atoms with Crippen LogP contribution >= 0.6 is 0 Å². The van der Waals surface area contributed by atoms with Crippen molar-refractivity contribution in [1.82, 2.24) is 0 Å². The van der Waals surface area contributed by atoms with Gasteiger partial charge in [0, 0.05) is 12.1 Å². The van der Waals surface area contributed by atoms with Crippen LogP contribution in [0.2, 0.25) is 0 Å². The first-order valence-corrected chi connectivity index (χ1v) is 5.43. The van der Waals surface area contributed by atoms with Crippen LogP contribution in [0.4, 0.5) is 0 Å². The lowest BCUT2D eigenvalue weighted by Gasteiger charge is -2.03. The van der Waals surface area contributed by atoms with Crippen LogP contribution in [0.25, 0.3) is 0 Å². The standard InChI is InChI=1S/C12H19NO/c1-3-6-10(2)12(14)13-9-11-7-4-5-8-11/h3,9-11H,1,4-8H2,2H3/b13-9+. The number of carbonyl (C=O) groups is 1. The van der Waals surface area contributed by atoms with E-state index in [0.29, 0.717) is 5.92 Å². The van der Waals surface area contributed by atoms with Gasteiger partial charge in [0.25, 0.3) is 0 Å². The molecule has 1 aliphatic carbocycles. The first kappa shape index (κ1) is 11.2. The van der Waals surface area contributed by atoms with E-state index in [1.165, 1.54) is 25.7 Å². The average Bonchev–Trinajstić information content (AvgIpc) is 2.67. The van der Waals surface area contributed by atoms with Crippen LogP contribution in [0.15, 0.2) is 17.6 Å². The van der Waals surface area contributed by atoms with Crippen LogP contribution in [-0.2, 0) is 4.79 Å². The summed E-state index contributed by atoms with van der Waals surface area (Å²) in [6.45, 7) is 5.52. The normalized spacial score (nSPS) is 20.1. The summed E-state index contributed by atoms with van der Waals surface area (Å²) in [7, 11) is 0. The number of amides is 1. The summed E-state index contributed by atoms with van der Waals surface area (Å²) in [5.41, 5.74) is 0. The van der Waals surface area contributed by atoms with Gasteiger partial charge in [-0.25, -0.2) is 4.99 Å². The Bertz CT molecular complexity index is 226. The molecule has 0 saturated heterocycles. The largest absolute Gasteiger partial charge is 0.272 e. The van der Waals surface area contributed by atoms with Gasteiger partial charge >= 0.3 is 0 Å². The Hall–Kier alpha value is -0.920. The molecule has 2 heteroatoms. The third-order valence-corrected chi connectivity index (χ3v) is 2.75. The van der Waals surface area contributed by atoms with Crippen LogP contribution in [0.5, 0.6) is 0 Å². The van der Waals surface area contributed by atoms with Gasteiger partial charge in [-0.3, -0.25) is 4.79 Å². The molecular formula is C12H19NO. The first-order chi connectivity index (χ1) is 6.74. The predicted molar refractivity (Wildman–Crippen MR) is 59.4 cm³/mol. The molecule has 1 amide bonds. The lowest BCUT2D eigenvalue weighted by atomic mass is 10.1. The summed E-state index contributed by atoms with van der Waals surface area (Å²) in [5.74, 6) is 0.539. The molecule has 0 aromatic rings. The first-order valence-electron chi connectivity index (χ1n) is 5.43. The second-order valence-electron chi connectivity index (χ2n) is 4.09. The van der Waals surface area contributed by atoms with Crippen LogP contribution in [0.1, 0.15) is 39.0 Å². The molecule has 1 unspecified atom stereocenters. The number of nitrogens with zero attached hydrogens (tertiary/aromatic N) is 1. The third-order valence-electron chi connectivity index (χ3n) is 2.75. The minimum Gasteiger partial charge on any atom is -0.272 e. The highest BCUT2D eigenvalue weighted by atomic mass is 16.1. The summed E-state index contributed by atoms with van der Waals surface area (Å²) >= 11 is 0. The Morgan fingerprint density at radius 1 is 1.57 bits per heavy atom. The van der Waals surface area contributed by atoms with E-state index >= 15 is 0 Å². The molecule has 1 atom stereocenters. The SMILES string of the molecule is C=CCC(C)C(=O)/N=C/C1CCCC1. The molecule has 0 heterocycles. The highest BCUT2D eigenvalue weighted by molar-refractivity contribution is 5.87. The highest BCUT2D eigenvalue weighted by Gasteiger charge is 2.14. The fourth-order valence-corrected chi connectivity index (χ4v) is 1.76. The number of aliphatic imine (C=N–C) groups is 1. The van der Waals surface area contributed by atoms with Crippen molar-refractivity contribution in [1.29, 1.82) is 0 Å². The van der Waals surface area contributed by atoms with E-state index in [1.54, 1.807) is 6.08 Å². The Morgan fingerprint density at radius 2 is 2.21 bits per heavy atom. The van der Waals surface area contributed by atoms with Gasteiger partial charge < -0.3 is 0 Å². The fraction of sp³-hybridized carbons (Fsp3) is 0.667. The summed E-state index contributed by atoms with van der Waals surface area (Å²) in [5, 5.41) is 0. The zero-order valence-corrected chi connectivity index (χ0v) is 8.91. The van der Waals surface area contributed by atoms with E-state index in [1.807, 2.05) is 13.1 Å². The molecule has 14 heavy (non-hydrogen) atoms. The van der Waals surface area contributed by atoms with Crippen molar-refractivity contribution in [3.8, 4) is 0 Å². The van der Waals surface area contributed by atoms with Gasteiger partial charge in [-0.15, -0.1) is 6.58 Å². The topological polar surface area (TPSA) is 29.4 Å². The maximum absolute atomic E-state index is 11.4. The zero-order valence-electron chi connectivity index (χ0n) is 8.91. The van der Waals surface area contributed by atoms with Crippen molar-refractivity contribution in [3.63, 3.8) is 0 Å². The number of hydrogen-bond donors (Lipinski definition) is 0. The average molecular weight is 193 g/mol. The maximum atomic E-state index is 11.4. The van der Waals surface area contributed by atoms with Crippen LogP contribution in [0, 0.1) is 11.8 Å². The van der Waals surface area contributed by atoms with E-state index in [0.717, 1.165) is 6.42 Å². The van der Waals surface area contributed by atoms with Gasteiger partial charge in [0.2, 0.25) is 5.91 Å². The Kier molecular flexibility index (Phi) is 4.57. The van der Waals surface area contributed by atoms with E-state index in [9.17, 15) is 4.79 Å². The van der Waals surface area contributed by atoms with Gasteiger partial charge in [-0.2, -0.15) is 0 Å². The van der Waals surface area contributed by atoms with Crippen LogP contribution in [-0.4, -0.2) is 12.1 Å². The molecule has 1 aliphatic rings. The third kappa shape index (κ3) is 3.44. The smallest absolute Gasteiger partial charge is 0.248 e. The molecule has 1 fully saturated rings. The van der Waals surface area contributed by atoms with Crippen molar-refractivity contribution in [2.45, 2.75) is 39.0 Å². The number of hydrogen-bond acceptors (Lipinski definition) is 1. The number of carbonyl (C=O) groups excluding carboxylic acids is 1. The lowest BCUT2D eigenvalue weighted by molar-refractivity contribution is -0.120. The molecule has 0 aliphatic heterocycles. The molecule has 0 aromatic carbocycles. The van der Waals surface area contributed by atoms with Crippen molar-refractivity contribution in [3.05, 3.63) is 12.7 Å². The molecule has 0 bridgehead atoms. The zero-order chi connectivity index (χ0) is 10.4. The molecular weight excluding hydrogens is 174 g/mol. The molecule has 0 spiro atoms. The highest BCUT2D eigenvalue weighted by Crippen LogP contribution is 2.22. The van der Waals surface area contributed by atoms with Gasteiger partial charge in [-0.1, -0.05) is 25.8 Å². The van der Waals surface area contributed by atoms with Gasteiger partial charge in [0.05, 0.1) is 0 Å². The van der Waals surface area contributed by atoms with E-state index in [2.05, 4.69) is 11.6 Å².